The van der Waals surface area contributed by atoms with Gasteiger partial charge >= 0.3 is 5.97 Å². The Morgan fingerprint density at radius 3 is 2.21 bits per heavy atom. The number of methoxy groups -OCH3 is 2. The largest absolute Gasteiger partial charge is 0.497 e. The van der Waals surface area contributed by atoms with Crippen LogP contribution in [0.1, 0.15) is 35.0 Å². The molecule has 3 aromatic rings. The highest BCUT2D eigenvalue weighted by molar-refractivity contribution is 5.92. The van der Waals surface area contributed by atoms with E-state index in [-0.39, 0.29) is 0 Å². The van der Waals surface area contributed by atoms with E-state index in [2.05, 4.69) is 12.0 Å². The Morgan fingerprint density at radius 1 is 1.00 bits per heavy atom. The summed E-state index contributed by atoms with van der Waals surface area (Å²) in [6, 6.07) is 14.6. The van der Waals surface area contributed by atoms with Gasteiger partial charge in [-0.2, -0.15) is 5.10 Å². The van der Waals surface area contributed by atoms with E-state index in [9.17, 15) is 4.79 Å². The Hall–Kier alpha value is -3.28. The van der Waals surface area contributed by atoms with Crippen molar-refractivity contribution in [1.29, 1.82) is 0 Å². The molecule has 146 valence electrons. The topological polar surface area (TPSA) is 62.6 Å². The predicted molar refractivity (Wildman–Crippen MR) is 107 cm³/mol. The van der Waals surface area contributed by atoms with Crippen LogP contribution in [-0.4, -0.2) is 30.0 Å². The van der Waals surface area contributed by atoms with Crippen molar-refractivity contribution in [3.63, 3.8) is 0 Å². The van der Waals surface area contributed by atoms with Crippen molar-refractivity contribution < 1.29 is 19.0 Å². The number of carbonyl (C=O) groups is 1. The Balaban J connectivity index is 1.95. The van der Waals surface area contributed by atoms with Crippen molar-refractivity contribution in [2.75, 3.05) is 14.2 Å². The van der Waals surface area contributed by atoms with Crippen LogP contribution in [0.25, 0.3) is 5.69 Å². The molecular formula is C22H24N2O4. The average molecular weight is 380 g/mol. The predicted octanol–water partition coefficient (Wildman–Crippen LogP) is 4.37. The van der Waals surface area contributed by atoms with Crippen molar-refractivity contribution in [1.82, 2.24) is 9.78 Å². The maximum Gasteiger partial charge on any atom is 0.345 e. The molecule has 28 heavy (non-hydrogen) atoms. The van der Waals surface area contributed by atoms with Gasteiger partial charge in [0.1, 0.15) is 11.5 Å². The molecule has 0 saturated carbocycles. The lowest BCUT2D eigenvalue weighted by Gasteiger charge is -2.10. The van der Waals surface area contributed by atoms with E-state index in [0.717, 1.165) is 29.8 Å². The van der Waals surface area contributed by atoms with Gasteiger partial charge < -0.3 is 14.2 Å². The number of carbonyl (C=O) groups excluding carboxylic acids is 1. The monoisotopic (exact) mass is 380 g/mol. The van der Waals surface area contributed by atoms with E-state index in [1.165, 1.54) is 14.2 Å². The second-order valence-corrected chi connectivity index (χ2v) is 6.46. The van der Waals surface area contributed by atoms with Crippen LogP contribution in [-0.2, 0) is 6.42 Å². The molecule has 0 N–H and O–H groups in total. The minimum atomic E-state index is -0.506. The summed E-state index contributed by atoms with van der Waals surface area (Å²) in [4.78, 5) is 12.8. The van der Waals surface area contributed by atoms with Crippen molar-refractivity contribution in [3.05, 3.63) is 65.4 Å². The molecule has 1 heterocycles. The van der Waals surface area contributed by atoms with Crippen LogP contribution < -0.4 is 14.2 Å². The molecule has 2 aromatic carbocycles. The van der Waals surface area contributed by atoms with Crippen molar-refractivity contribution in [2.24, 2.45) is 0 Å². The first-order valence-electron chi connectivity index (χ1n) is 9.15. The highest BCUT2D eigenvalue weighted by Gasteiger charge is 2.17. The maximum atomic E-state index is 12.8. The number of nitrogens with zero attached hydrogens (tertiary/aromatic N) is 2. The molecule has 6 heteroatoms. The molecule has 0 radical (unpaired) electrons. The molecule has 0 aliphatic heterocycles. The fourth-order valence-electron chi connectivity index (χ4n) is 2.81. The summed E-state index contributed by atoms with van der Waals surface area (Å²) in [5.41, 5.74) is 3.18. The minimum absolute atomic E-state index is 0.338. The molecule has 0 bridgehead atoms. The summed E-state index contributed by atoms with van der Waals surface area (Å²) in [5.74, 6) is 0.905. The Kier molecular flexibility index (Phi) is 5.99. The summed E-state index contributed by atoms with van der Waals surface area (Å²) in [6.45, 7) is 4.10. The second kappa shape index (κ2) is 8.61. The third kappa shape index (κ3) is 4.34. The van der Waals surface area contributed by atoms with Crippen molar-refractivity contribution >= 4 is 5.97 Å². The number of benzene rings is 2. The highest BCUT2D eigenvalue weighted by atomic mass is 16.5. The molecule has 0 atom stereocenters. The summed E-state index contributed by atoms with van der Waals surface area (Å²) < 4.78 is 17.8. The lowest BCUT2D eigenvalue weighted by atomic mass is 10.2. The molecule has 6 nitrogen and oxygen atoms in total. The van der Waals surface area contributed by atoms with Crippen LogP contribution in [0.5, 0.6) is 17.4 Å². The molecule has 3 rings (SSSR count). The normalized spacial score (nSPS) is 10.6. The van der Waals surface area contributed by atoms with Gasteiger partial charge in [0.05, 0.1) is 31.2 Å². The smallest absolute Gasteiger partial charge is 0.345 e. The summed E-state index contributed by atoms with van der Waals surface area (Å²) in [7, 11) is 3.07. The number of aromatic nitrogens is 2. The van der Waals surface area contributed by atoms with Gasteiger partial charge in [-0.05, 0) is 37.6 Å². The van der Waals surface area contributed by atoms with E-state index >= 15 is 0 Å². The Morgan fingerprint density at radius 2 is 1.64 bits per heavy atom. The van der Waals surface area contributed by atoms with Crippen LogP contribution in [0, 0.1) is 6.92 Å². The second-order valence-electron chi connectivity index (χ2n) is 6.46. The van der Waals surface area contributed by atoms with Crippen LogP contribution in [0.2, 0.25) is 0 Å². The molecular weight excluding hydrogens is 356 g/mol. The third-order valence-corrected chi connectivity index (χ3v) is 4.30. The first-order valence-corrected chi connectivity index (χ1v) is 9.15. The Bertz CT molecular complexity index is 939. The lowest BCUT2D eigenvalue weighted by Crippen LogP contribution is -2.12. The molecule has 0 spiro atoms. The van der Waals surface area contributed by atoms with E-state index < -0.39 is 5.97 Å². The lowest BCUT2D eigenvalue weighted by molar-refractivity contribution is 0.0722. The standard InChI is InChI=1S/C22H24N2O4/c1-5-6-17-13-21(24(23-17)18-9-7-15(2)8-10-18)28-22(25)16-11-19(26-3)14-20(12-16)27-4/h7-14H,5-6H2,1-4H3. The minimum Gasteiger partial charge on any atom is -0.497 e. The molecule has 0 fully saturated rings. The van der Waals surface area contributed by atoms with Crippen LogP contribution in [0.15, 0.2) is 48.5 Å². The van der Waals surface area contributed by atoms with Gasteiger partial charge in [-0.3, -0.25) is 0 Å². The van der Waals surface area contributed by atoms with Gasteiger partial charge in [0, 0.05) is 12.1 Å². The molecule has 0 aliphatic carbocycles. The quantitative estimate of drug-likeness (QED) is 0.570. The summed E-state index contributed by atoms with van der Waals surface area (Å²) in [5, 5.41) is 4.60. The first-order chi connectivity index (χ1) is 13.5. The average Bonchev–Trinajstić information content (AvgIpc) is 3.10. The van der Waals surface area contributed by atoms with Crippen LogP contribution >= 0.6 is 0 Å². The number of rotatable bonds is 7. The first kappa shape index (κ1) is 19.5. The van der Waals surface area contributed by atoms with Gasteiger partial charge in [-0.1, -0.05) is 31.0 Å². The molecule has 1 aromatic heterocycles. The number of esters is 1. The van der Waals surface area contributed by atoms with E-state index in [1.54, 1.807) is 28.9 Å². The fraction of sp³-hybridized carbons (Fsp3) is 0.273. The van der Waals surface area contributed by atoms with Gasteiger partial charge in [0.2, 0.25) is 5.88 Å². The molecule has 0 saturated heterocycles. The number of aryl methyl sites for hydroxylation is 2. The number of hydrogen-bond acceptors (Lipinski definition) is 5. The molecule has 0 unspecified atom stereocenters. The van der Waals surface area contributed by atoms with E-state index in [0.29, 0.717) is 22.9 Å². The summed E-state index contributed by atoms with van der Waals surface area (Å²) in [6.07, 6.45) is 1.75. The number of hydrogen-bond donors (Lipinski definition) is 0. The maximum absolute atomic E-state index is 12.8. The van der Waals surface area contributed by atoms with E-state index in [4.69, 9.17) is 14.2 Å². The number of ether oxygens (including phenoxy) is 3. The van der Waals surface area contributed by atoms with Crippen molar-refractivity contribution in [3.8, 4) is 23.1 Å². The third-order valence-electron chi connectivity index (χ3n) is 4.30. The zero-order valence-corrected chi connectivity index (χ0v) is 16.6. The van der Waals surface area contributed by atoms with Crippen LogP contribution in [0.3, 0.4) is 0 Å². The van der Waals surface area contributed by atoms with Crippen molar-refractivity contribution in [2.45, 2.75) is 26.7 Å². The van der Waals surface area contributed by atoms with Gasteiger partial charge in [0.15, 0.2) is 0 Å². The zero-order valence-electron chi connectivity index (χ0n) is 16.6. The fourth-order valence-corrected chi connectivity index (χ4v) is 2.81. The van der Waals surface area contributed by atoms with E-state index in [1.807, 2.05) is 31.2 Å². The molecule has 0 aliphatic rings. The van der Waals surface area contributed by atoms with Gasteiger partial charge in [-0.25, -0.2) is 9.48 Å². The SMILES string of the molecule is CCCc1cc(OC(=O)c2cc(OC)cc(OC)c2)n(-c2ccc(C)cc2)n1. The van der Waals surface area contributed by atoms with Crippen LogP contribution in [0.4, 0.5) is 0 Å². The summed E-state index contributed by atoms with van der Waals surface area (Å²) >= 11 is 0. The molecule has 0 amide bonds. The highest BCUT2D eigenvalue weighted by Crippen LogP contribution is 2.25. The van der Waals surface area contributed by atoms with Gasteiger partial charge in [0.25, 0.3) is 0 Å². The zero-order chi connectivity index (χ0) is 20.1. The Labute approximate surface area is 164 Å². The van der Waals surface area contributed by atoms with Gasteiger partial charge in [-0.15, -0.1) is 0 Å².